The predicted molar refractivity (Wildman–Crippen MR) is 93.4 cm³/mol. The lowest BCUT2D eigenvalue weighted by atomic mass is 10.1. The fourth-order valence-corrected chi connectivity index (χ4v) is 3.12. The van der Waals surface area contributed by atoms with Gasteiger partial charge in [0.2, 0.25) is 0 Å². The van der Waals surface area contributed by atoms with Crippen molar-refractivity contribution in [3.8, 4) is 0 Å². The lowest BCUT2D eigenvalue weighted by Gasteiger charge is -2.10. The third-order valence-corrected chi connectivity index (χ3v) is 4.40. The molecular weight excluding hydrogens is 323 g/mol. The number of aromatic nitrogens is 1. The van der Waals surface area contributed by atoms with Crippen molar-refractivity contribution in [1.82, 2.24) is 4.57 Å². The summed E-state index contributed by atoms with van der Waals surface area (Å²) < 4.78 is 2.09. The van der Waals surface area contributed by atoms with Crippen LogP contribution < -0.4 is 5.73 Å². The van der Waals surface area contributed by atoms with E-state index < -0.39 is 0 Å². The Bertz CT molecular complexity index is 819. The molecule has 106 valence electrons. The van der Waals surface area contributed by atoms with Crippen LogP contribution in [-0.4, -0.2) is 9.56 Å². The van der Waals surface area contributed by atoms with E-state index in [1.807, 2.05) is 48.7 Å². The average Bonchev–Trinajstić information content (AvgIpc) is 2.86. The number of nitrogens with two attached hydrogens (primary N) is 1. The van der Waals surface area contributed by atoms with Crippen molar-refractivity contribution in [3.63, 3.8) is 0 Å². The van der Waals surface area contributed by atoms with Gasteiger partial charge in [0.1, 0.15) is 4.99 Å². The minimum Gasteiger partial charge on any atom is -0.389 e. The molecule has 3 aromatic rings. The Hall–Kier alpha value is -1.55. The Morgan fingerprint density at radius 2 is 1.71 bits per heavy atom. The Kier molecular flexibility index (Phi) is 3.89. The number of hydrogen-bond donors (Lipinski definition) is 1. The minimum absolute atomic E-state index is 0.397. The highest BCUT2D eigenvalue weighted by Crippen LogP contribution is 2.27. The van der Waals surface area contributed by atoms with Crippen LogP contribution in [0.15, 0.2) is 48.7 Å². The van der Waals surface area contributed by atoms with E-state index in [1.54, 1.807) is 0 Å². The lowest BCUT2D eigenvalue weighted by molar-refractivity contribution is 0.837. The van der Waals surface area contributed by atoms with E-state index in [9.17, 15) is 0 Å². The van der Waals surface area contributed by atoms with Gasteiger partial charge in [0.05, 0.1) is 6.54 Å². The Balaban J connectivity index is 2.10. The van der Waals surface area contributed by atoms with Crippen LogP contribution in [0, 0.1) is 0 Å². The van der Waals surface area contributed by atoms with E-state index in [0.717, 1.165) is 22.0 Å². The zero-order valence-corrected chi connectivity index (χ0v) is 13.3. The van der Waals surface area contributed by atoms with Gasteiger partial charge in [-0.1, -0.05) is 53.6 Å². The van der Waals surface area contributed by atoms with Crippen molar-refractivity contribution in [2.75, 3.05) is 0 Å². The molecule has 0 bridgehead atoms. The molecule has 0 aliphatic carbocycles. The van der Waals surface area contributed by atoms with Gasteiger partial charge in [0.15, 0.2) is 0 Å². The summed E-state index contributed by atoms with van der Waals surface area (Å²) >= 11 is 17.6. The van der Waals surface area contributed by atoms with Gasteiger partial charge in [-0.05, 0) is 24.3 Å². The van der Waals surface area contributed by atoms with Crippen molar-refractivity contribution >= 4 is 51.3 Å². The van der Waals surface area contributed by atoms with Crippen LogP contribution in [0.1, 0.15) is 11.1 Å². The molecule has 1 aromatic heterocycles. The topological polar surface area (TPSA) is 30.9 Å². The lowest BCUT2D eigenvalue weighted by Crippen LogP contribution is -2.09. The molecule has 0 spiro atoms. The minimum atomic E-state index is 0.397. The second-order valence-corrected chi connectivity index (χ2v) is 6.00. The van der Waals surface area contributed by atoms with Crippen molar-refractivity contribution in [2.45, 2.75) is 6.54 Å². The summed E-state index contributed by atoms with van der Waals surface area (Å²) in [5.74, 6) is 0. The summed E-state index contributed by atoms with van der Waals surface area (Å²) in [4.78, 5) is 0.397. The van der Waals surface area contributed by atoms with Gasteiger partial charge in [-0.15, -0.1) is 0 Å². The third-order valence-electron chi connectivity index (χ3n) is 3.47. The molecule has 2 N–H and O–H groups in total. The Labute approximate surface area is 138 Å². The highest BCUT2D eigenvalue weighted by atomic mass is 35.5. The maximum Gasteiger partial charge on any atom is 0.104 e. The van der Waals surface area contributed by atoms with Crippen LogP contribution in [0.25, 0.3) is 10.9 Å². The first-order chi connectivity index (χ1) is 10.1. The number of halogens is 2. The van der Waals surface area contributed by atoms with E-state index in [2.05, 4.69) is 4.57 Å². The average molecular weight is 335 g/mol. The Morgan fingerprint density at radius 1 is 1.05 bits per heavy atom. The smallest absolute Gasteiger partial charge is 0.104 e. The highest BCUT2D eigenvalue weighted by Gasteiger charge is 2.10. The molecule has 5 heteroatoms. The quantitative estimate of drug-likeness (QED) is 0.708. The van der Waals surface area contributed by atoms with Crippen LogP contribution in [0.4, 0.5) is 0 Å². The zero-order chi connectivity index (χ0) is 15.0. The molecule has 3 rings (SSSR count). The molecule has 0 unspecified atom stereocenters. The Morgan fingerprint density at radius 3 is 2.38 bits per heavy atom. The molecule has 2 nitrogen and oxygen atoms in total. The van der Waals surface area contributed by atoms with Crippen LogP contribution >= 0.6 is 35.4 Å². The van der Waals surface area contributed by atoms with E-state index in [4.69, 9.17) is 41.2 Å². The molecule has 0 fully saturated rings. The SMILES string of the molecule is NC(=S)c1cccc2c1ccn2Cc1c(Cl)cccc1Cl. The van der Waals surface area contributed by atoms with Crippen molar-refractivity contribution in [2.24, 2.45) is 5.73 Å². The molecule has 2 aromatic carbocycles. The number of nitrogens with zero attached hydrogens (tertiary/aromatic N) is 1. The van der Waals surface area contributed by atoms with Gasteiger partial charge in [-0.3, -0.25) is 0 Å². The number of rotatable bonds is 3. The van der Waals surface area contributed by atoms with Crippen LogP contribution in [0.2, 0.25) is 10.0 Å². The van der Waals surface area contributed by atoms with E-state index in [1.165, 1.54) is 0 Å². The molecule has 0 radical (unpaired) electrons. The first-order valence-electron chi connectivity index (χ1n) is 6.38. The van der Waals surface area contributed by atoms with Crippen LogP contribution in [0.5, 0.6) is 0 Å². The standard InChI is InChI=1S/C16H12Cl2N2S/c17-13-4-2-5-14(18)12(13)9-20-8-7-10-11(16(19)21)3-1-6-15(10)20/h1-8H,9H2,(H2,19,21). The van der Waals surface area contributed by atoms with Crippen molar-refractivity contribution in [1.29, 1.82) is 0 Å². The van der Waals surface area contributed by atoms with Gasteiger partial charge >= 0.3 is 0 Å². The monoisotopic (exact) mass is 334 g/mol. The second-order valence-electron chi connectivity index (χ2n) is 4.75. The molecule has 0 aliphatic heterocycles. The zero-order valence-electron chi connectivity index (χ0n) is 11.0. The van der Waals surface area contributed by atoms with Crippen molar-refractivity contribution in [3.05, 3.63) is 69.8 Å². The van der Waals surface area contributed by atoms with E-state index in [0.29, 0.717) is 21.6 Å². The molecule has 0 aliphatic rings. The van der Waals surface area contributed by atoms with Crippen molar-refractivity contribution < 1.29 is 0 Å². The first kappa shape index (κ1) is 14.4. The second kappa shape index (κ2) is 5.68. The fourth-order valence-electron chi connectivity index (χ4n) is 2.43. The molecule has 21 heavy (non-hydrogen) atoms. The highest BCUT2D eigenvalue weighted by molar-refractivity contribution is 7.80. The predicted octanol–water partition coefficient (Wildman–Crippen LogP) is 4.63. The van der Waals surface area contributed by atoms with Gasteiger partial charge in [-0.2, -0.15) is 0 Å². The number of benzene rings is 2. The first-order valence-corrected chi connectivity index (χ1v) is 7.55. The summed E-state index contributed by atoms with van der Waals surface area (Å²) in [6.45, 7) is 0.600. The molecule has 1 heterocycles. The fraction of sp³-hybridized carbons (Fsp3) is 0.0625. The normalized spacial score (nSPS) is 11.0. The number of thiocarbonyl (C=S) groups is 1. The molecular formula is C16H12Cl2N2S. The largest absolute Gasteiger partial charge is 0.389 e. The van der Waals surface area contributed by atoms with Gasteiger partial charge in [0, 0.05) is 38.3 Å². The van der Waals surface area contributed by atoms with Gasteiger partial charge < -0.3 is 10.3 Å². The van der Waals surface area contributed by atoms with Gasteiger partial charge in [-0.25, -0.2) is 0 Å². The summed E-state index contributed by atoms with van der Waals surface area (Å²) in [5, 5.41) is 2.36. The van der Waals surface area contributed by atoms with Crippen LogP contribution in [-0.2, 0) is 6.54 Å². The summed E-state index contributed by atoms with van der Waals surface area (Å²) in [7, 11) is 0. The molecule has 0 saturated heterocycles. The number of hydrogen-bond acceptors (Lipinski definition) is 1. The molecule has 0 atom stereocenters. The summed E-state index contributed by atoms with van der Waals surface area (Å²) in [6.07, 6.45) is 1.99. The van der Waals surface area contributed by atoms with E-state index in [-0.39, 0.29) is 0 Å². The summed E-state index contributed by atoms with van der Waals surface area (Å²) in [5.41, 5.74) is 8.60. The van der Waals surface area contributed by atoms with Gasteiger partial charge in [0.25, 0.3) is 0 Å². The van der Waals surface area contributed by atoms with Crippen LogP contribution in [0.3, 0.4) is 0 Å². The van der Waals surface area contributed by atoms with E-state index >= 15 is 0 Å². The maximum absolute atomic E-state index is 6.24. The maximum atomic E-state index is 6.24. The molecule has 0 saturated carbocycles. The number of fused-ring (bicyclic) bond motifs is 1. The molecule has 0 amide bonds. The third kappa shape index (κ3) is 2.64. The summed E-state index contributed by atoms with van der Waals surface area (Å²) in [6, 6.07) is 13.4.